The van der Waals surface area contributed by atoms with Crippen LogP contribution in [-0.4, -0.2) is 46.8 Å². The maximum atomic E-state index is 12.5. The number of para-hydroxylation sites is 2. The summed E-state index contributed by atoms with van der Waals surface area (Å²) in [5, 5.41) is 3.68. The number of benzene rings is 3. The summed E-state index contributed by atoms with van der Waals surface area (Å²) in [6.07, 6.45) is 3.12. The number of piperidine rings is 1. The van der Waals surface area contributed by atoms with Crippen molar-refractivity contribution in [2.24, 2.45) is 0 Å². The van der Waals surface area contributed by atoms with Gasteiger partial charge in [0.1, 0.15) is 12.7 Å². The van der Waals surface area contributed by atoms with E-state index >= 15 is 0 Å². The molecule has 0 unspecified atom stereocenters. The number of rotatable bonds is 8. The molecule has 2 heterocycles. The third kappa shape index (κ3) is 5.89. The number of fused-ring (bicyclic) bond motifs is 1. The summed E-state index contributed by atoms with van der Waals surface area (Å²) in [4.78, 5) is 2.61. The highest BCUT2D eigenvalue weighted by molar-refractivity contribution is 7.92. The van der Waals surface area contributed by atoms with Crippen molar-refractivity contribution in [2.75, 3.05) is 35.9 Å². The first-order valence-corrected chi connectivity index (χ1v) is 13.6. The highest BCUT2D eigenvalue weighted by Crippen LogP contribution is 2.31. The molecule has 0 bridgehead atoms. The fourth-order valence-corrected chi connectivity index (χ4v) is 5.63. The van der Waals surface area contributed by atoms with Crippen LogP contribution < -0.4 is 24.4 Å². The number of hydrogen-bond acceptors (Lipinski definition) is 6. The topological polar surface area (TPSA) is 79.9 Å². The Morgan fingerprint density at radius 1 is 0.857 bits per heavy atom. The number of ether oxygens (including phenoxy) is 2. The molecule has 0 aliphatic carbocycles. The molecule has 8 heteroatoms. The molecule has 2 aliphatic rings. The molecule has 1 atom stereocenters. The normalized spacial score (nSPS) is 18.3. The molecule has 2 aliphatic heterocycles. The Hall–Kier alpha value is -3.23. The molecule has 0 aromatic heterocycles. The Labute approximate surface area is 207 Å². The van der Waals surface area contributed by atoms with Gasteiger partial charge in [0.15, 0.2) is 11.5 Å². The second-order valence-corrected chi connectivity index (χ2v) is 10.6. The molecule has 2 N–H and O–H groups in total. The van der Waals surface area contributed by atoms with Crippen LogP contribution in [0.25, 0.3) is 0 Å². The van der Waals surface area contributed by atoms with Crippen molar-refractivity contribution in [2.45, 2.75) is 36.3 Å². The van der Waals surface area contributed by atoms with Crippen LogP contribution in [-0.2, 0) is 10.0 Å². The van der Waals surface area contributed by atoms with E-state index in [1.54, 1.807) is 30.3 Å². The monoisotopic (exact) mass is 493 g/mol. The van der Waals surface area contributed by atoms with Gasteiger partial charge in [-0.2, -0.15) is 0 Å². The zero-order valence-corrected chi connectivity index (χ0v) is 20.4. The van der Waals surface area contributed by atoms with Crippen LogP contribution in [0.5, 0.6) is 11.5 Å². The van der Waals surface area contributed by atoms with Gasteiger partial charge in [-0.25, -0.2) is 8.42 Å². The molecular formula is C27H31N3O4S. The first kappa shape index (κ1) is 23.5. The van der Waals surface area contributed by atoms with Gasteiger partial charge in [0.2, 0.25) is 0 Å². The van der Waals surface area contributed by atoms with Crippen molar-refractivity contribution in [3.05, 3.63) is 78.9 Å². The Morgan fingerprint density at radius 3 is 2.29 bits per heavy atom. The number of nitrogens with one attached hydrogen (secondary N) is 2. The molecule has 1 fully saturated rings. The van der Waals surface area contributed by atoms with E-state index in [1.165, 1.54) is 0 Å². The summed E-state index contributed by atoms with van der Waals surface area (Å²) < 4.78 is 39.5. The van der Waals surface area contributed by atoms with Crippen molar-refractivity contribution in [3.8, 4) is 11.5 Å². The molecule has 3 aromatic carbocycles. The lowest BCUT2D eigenvalue weighted by Crippen LogP contribution is -2.44. The molecule has 0 radical (unpaired) electrons. The first-order chi connectivity index (χ1) is 17.1. The first-order valence-electron chi connectivity index (χ1n) is 12.1. The summed E-state index contributed by atoms with van der Waals surface area (Å²) in [5.41, 5.74) is 1.67. The average Bonchev–Trinajstić information content (AvgIpc) is 2.90. The van der Waals surface area contributed by atoms with Gasteiger partial charge in [0.05, 0.1) is 4.90 Å². The number of anilines is 2. The van der Waals surface area contributed by atoms with Gasteiger partial charge in [-0.3, -0.25) is 4.72 Å². The van der Waals surface area contributed by atoms with Gasteiger partial charge in [-0.05, 0) is 67.9 Å². The van der Waals surface area contributed by atoms with Crippen molar-refractivity contribution < 1.29 is 17.9 Å². The minimum Gasteiger partial charge on any atom is -0.486 e. The lowest BCUT2D eigenvalue weighted by Gasteiger charge is -2.34. The molecule has 35 heavy (non-hydrogen) atoms. The minimum atomic E-state index is -3.58. The summed E-state index contributed by atoms with van der Waals surface area (Å²) in [7, 11) is -3.58. The fourth-order valence-electron chi connectivity index (χ4n) is 4.55. The van der Waals surface area contributed by atoms with Crippen LogP contribution in [0.1, 0.15) is 19.3 Å². The van der Waals surface area contributed by atoms with Crippen LogP contribution in [0.15, 0.2) is 83.8 Å². The molecule has 5 rings (SSSR count). The van der Waals surface area contributed by atoms with E-state index in [9.17, 15) is 8.42 Å². The van der Waals surface area contributed by atoms with Crippen LogP contribution >= 0.6 is 0 Å². The zero-order chi connectivity index (χ0) is 24.1. The van der Waals surface area contributed by atoms with Crippen LogP contribution in [0, 0.1) is 0 Å². The quantitative estimate of drug-likeness (QED) is 0.488. The third-order valence-corrected chi connectivity index (χ3v) is 7.90. The molecule has 184 valence electrons. The lowest BCUT2D eigenvalue weighted by molar-refractivity contribution is 0.0841. The minimum absolute atomic E-state index is 0.0790. The smallest absolute Gasteiger partial charge is 0.261 e. The highest BCUT2D eigenvalue weighted by atomic mass is 32.2. The van der Waals surface area contributed by atoms with Crippen molar-refractivity contribution in [1.29, 1.82) is 0 Å². The van der Waals surface area contributed by atoms with E-state index in [0.717, 1.165) is 56.1 Å². The Bertz CT molecular complexity index is 1210. The Balaban J connectivity index is 1.06. The lowest BCUT2D eigenvalue weighted by atomic mass is 10.0. The third-order valence-electron chi connectivity index (χ3n) is 6.50. The van der Waals surface area contributed by atoms with Crippen molar-refractivity contribution in [3.63, 3.8) is 0 Å². The summed E-state index contributed by atoms with van der Waals surface area (Å²) in [6.45, 7) is 3.41. The van der Waals surface area contributed by atoms with Gasteiger partial charge < -0.3 is 19.7 Å². The van der Waals surface area contributed by atoms with Crippen LogP contribution in [0.4, 0.5) is 11.4 Å². The summed E-state index contributed by atoms with van der Waals surface area (Å²) >= 11 is 0. The maximum Gasteiger partial charge on any atom is 0.261 e. The van der Waals surface area contributed by atoms with Crippen LogP contribution in [0.2, 0.25) is 0 Å². The van der Waals surface area contributed by atoms with Gasteiger partial charge in [-0.15, -0.1) is 0 Å². The van der Waals surface area contributed by atoms with Gasteiger partial charge in [0, 0.05) is 36.9 Å². The molecule has 0 amide bonds. The molecule has 0 spiro atoms. The van der Waals surface area contributed by atoms with E-state index < -0.39 is 10.0 Å². The maximum absolute atomic E-state index is 12.5. The standard InChI is InChI=1S/C27H31N3O4S/c31-35(32,25-6-2-1-3-7-25)29-22-10-12-23(13-11-22)30-18-15-21(16-19-30)28-17-14-24-20-33-26-8-4-5-9-27(26)34-24/h1-13,21,24,28-29H,14-20H2/t24-/m1/s1. The molecule has 1 saturated heterocycles. The molecule has 0 saturated carbocycles. The number of nitrogens with zero attached hydrogens (tertiary/aromatic N) is 1. The summed E-state index contributed by atoms with van der Waals surface area (Å²) in [6, 6.07) is 24.3. The summed E-state index contributed by atoms with van der Waals surface area (Å²) in [5.74, 6) is 1.65. The predicted molar refractivity (Wildman–Crippen MR) is 138 cm³/mol. The van der Waals surface area contributed by atoms with E-state index in [4.69, 9.17) is 9.47 Å². The fraction of sp³-hybridized carbons (Fsp3) is 0.333. The Morgan fingerprint density at radius 2 is 1.54 bits per heavy atom. The number of hydrogen-bond donors (Lipinski definition) is 2. The van der Waals surface area contributed by atoms with Gasteiger partial charge >= 0.3 is 0 Å². The number of sulfonamides is 1. The van der Waals surface area contributed by atoms with E-state index in [0.29, 0.717) is 18.3 Å². The van der Waals surface area contributed by atoms with Crippen molar-refractivity contribution >= 4 is 21.4 Å². The predicted octanol–water partition coefficient (Wildman–Crippen LogP) is 4.28. The SMILES string of the molecule is O=S(=O)(Nc1ccc(N2CCC(NCC[C@@H]3COc4ccccc4O3)CC2)cc1)c1ccccc1. The van der Waals surface area contributed by atoms with E-state index in [-0.39, 0.29) is 11.0 Å². The van der Waals surface area contributed by atoms with Gasteiger partial charge in [-0.1, -0.05) is 30.3 Å². The molecular weight excluding hydrogens is 462 g/mol. The molecule has 7 nitrogen and oxygen atoms in total. The van der Waals surface area contributed by atoms with Crippen molar-refractivity contribution in [1.82, 2.24) is 5.32 Å². The van der Waals surface area contributed by atoms with Gasteiger partial charge in [0.25, 0.3) is 10.0 Å². The molecule has 3 aromatic rings. The Kier molecular flexibility index (Phi) is 7.11. The van der Waals surface area contributed by atoms with E-state index in [2.05, 4.69) is 14.9 Å². The largest absolute Gasteiger partial charge is 0.486 e. The second kappa shape index (κ2) is 10.6. The highest BCUT2D eigenvalue weighted by Gasteiger charge is 2.23. The van der Waals surface area contributed by atoms with Crippen LogP contribution in [0.3, 0.4) is 0 Å². The average molecular weight is 494 g/mol. The zero-order valence-electron chi connectivity index (χ0n) is 19.6. The second-order valence-electron chi connectivity index (χ2n) is 8.97. The van der Waals surface area contributed by atoms with E-state index in [1.807, 2.05) is 48.5 Å².